The van der Waals surface area contributed by atoms with Gasteiger partial charge in [0.2, 0.25) is 11.8 Å². The Labute approximate surface area is 158 Å². The summed E-state index contributed by atoms with van der Waals surface area (Å²) >= 11 is 0. The average Bonchev–Trinajstić information content (AvgIpc) is 3.30. The van der Waals surface area contributed by atoms with Gasteiger partial charge in [-0.15, -0.1) is 0 Å². The van der Waals surface area contributed by atoms with Crippen LogP contribution in [0.5, 0.6) is 0 Å². The summed E-state index contributed by atoms with van der Waals surface area (Å²) in [5, 5.41) is 7.77. The Balaban J connectivity index is 1.42. The Morgan fingerprint density at radius 3 is 2.89 bits per heavy atom. The van der Waals surface area contributed by atoms with Gasteiger partial charge in [-0.3, -0.25) is 9.59 Å². The molecule has 142 valence electrons. The monoisotopic (exact) mass is 367 g/mol. The second kappa shape index (κ2) is 7.52. The summed E-state index contributed by atoms with van der Waals surface area (Å²) in [7, 11) is 1.79. The minimum absolute atomic E-state index is 0.0450. The van der Waals surface area contributed by atoms with Gasteiger partial charge in [0.05, 0.1) is 12.2 Å². The maximum atomic E-state index is 12.8. The second-order valence-electron chi connectivity index (χ2n) is 7.45. The highest BCUT2D eigenvalue weighted by molar-refractivity contribution is 5.85. The predicted molar refractivity (Wildman–Crippen MR) is 101 cm³/mol. The zero-order valence-electron chi connectivity index (χ0n) is 15.5. The van der Waals surface area contributed by atoms with E-state index >= 15 is 0 Å². The average molecular weight is 367 g/mol. The molecule has 3 heterocycles. The summed E-state index contributed by atoms with van der Waals surface area (Å²) in [5.74, 6) is 0.0322. The van der Waals surface area contributed by atoms with Crippen molar-refractivity contribution in [3.63, 3.8) is 0 Å². The molecular formula is C20H25N5O2. The van der Waals surface area contributed by atoms with Crippen LogP contribution in [0.4, 0.5) is 0 Å². The molecule has 2 aliphatic rings. The zero-order chi connectivity index (χ0) is 18.8. The molecule has 2 atom stereocenters. The van der Waals surface area contributed by atoms with Gasteiger partial charge in [0.25, 0.3) is 0 Å². The lowest BCUT2D eigenvalue weighted by molar-refractivity contribution is -0.140. The Kier molecular flexibility index (Phi) is 4.94. The Morgan fingerprint density at radius 2 is 2.07 bits per heavy atom. The number of carbonyl (C=O) groups is 2. The number of para-hydroxylation sites is 1. The van der Waals surface area contributed by atoms with Crippen LogP contribution in [0.25, 0.3) is 5.69 Å². The molecule has 1 aromatic carbocycles. The minimum Gasteiger partial charge on any atom is -0.340 e. The van der Waals surface area contributed by atoms with Gasteiger partial charge < -0.3 is 15.1 Å². The van der Waals surface area contributed by atoms with Crippen molar-refractivity contribution in [3.05, 3.63) is 48.3 Å². The molecule has 2 saturated heterocycles. The lowest BCUT2D eigenvalue weighted by atomic mass is 10.1. The third-order valence-electron chi connectivity index (χ3n) is 5.45. The van der Waals surface area contributed by atoms with E-state index in [1.165, 1.54) is 0 Å². The summed E-state index contributed by atoms with van der Waals surface area (Å²) in [4.78, 5) is 28.6. The normalized spacial score (nSPS) is 22.0. The van der Waals surface area contributed by atoms with E-state index in [4.69, 9.17) is 0 Å². The number of likely N-dealkylation sites (tertiary alicyclic amines) is 1. The summed E-state index contributed by atoms with van der Waals surface area (Å²) in [6.45, 7) is 1.24. The zero-order valence-corrected chi connectivity index (χ0v) is 15.5. The van der Waals surface area contributed by atoms with Crippen LogP contribution in [0.2, 0.25) is 0 Å². The molecule has 2 fully saturated rings. The van der Waals surface area contributed by atoms with Crippen LogP contribution in [0, 0.1) is 0 Å². The summed E-state index contributed by atoms with van der Waals surface area (Å²) in [5.41, 5.74) is 1.97. The number of hydrogen-bond acceptors (Lipinski definition) is 4. The highest BCUT2D eigenvalue weighted by atomic mass is 16.2. The van der Waals surface area contributed by atoms with Crippen LogP contribution in [-0.4, -0.2) is 63.6 Å². The molecule has 2 bridgehead atoms. The Bertz CT molecular complexity index is 820. The molecule has 2 aliphatic heterocycles. The first-order chi connectivity index (χ1) is 13.1. The van der Waals surface area contributed by atoms with Gasteiger partial charge in [0, 0.05) is 51.0 Å². The van der Waals surface area contributed by atoms with Gasteiger partial charge in [-0.1, -0.05) is 18.2 Å². The van der Waals surface area contributed by atoms with Crippen LogP contribution in [-0.2, 0) is 16.1 Å². The van der Waals surface area contributed by atoms with E-state index in [9.17, 15) is 9.59 Å². The first-order valence-corrected chi connectivity index (χ1v) is 9.46. The molecule has 1 aromatic heterocycles. The summed E-state index contributed by atoms with van der Waals surface area (Å²) < 4.78 is 1.80. The Hall–Kier alpha value is -2.67. The maximum Gasteiger partial charge on any atom is 0.242 e. The third kappa shape index (κ3) is 3.88. The van der Waals surface area contributed by atoms with Crippen molar-refractivity contribution in [2.24, 2.45) is 0 Å². The van der Waals surface area contributed by atoms with E-state index in [0.29, 0.717) is 25.6 Å². The van der Waals surface area contributed by atoms with Gasteiger partial charge in [-0.2, -0.15) is 5.10 Å². The number of benzene rings is 1. The van der Waals surface area contributed by atoms with Crippen molar-refractivity contribution in [1.82, 2.24) is 24.9 Å². The van der Waals surface area contributed by atoms with E-state index in [1.807, 2.05) is 36.5 Å². The molecule has 7 heteroatoms. The van der Waals surface area contributed by atoms with Crippen molar-refractivity contribution < 1.29 is 9.59 Å². The second-order valence-corrected chi connectivity index (χ2v) is 7.45. The van der Waals surface area contributed by atoms with Gasteiger partial charge in [0.15, 0.2) is 0 Å². The predicted octanol–water partition coefficient (Wildman–Crippen LogP) is 1.18. The van der Waals surface area contributed by atoms with E-state index in [-0.39, 0.29) is 24.4 Å². The summed E-state index contributed by atoms with van der Waals surface area (Å²) in [6, 6.07) is 10.4. The number of likely N-dealkylation sites (N-methyl/N-ethyl adjacent to an activating group) is 1. The molecule has 4 rings (SSSR count). The molecule has 2 amide bonds. The smallest absolute Gasteiger partial charge is 0.242 e. The fraction of sp³-hybridized carbons (Fsp3) is 0.450. The van der Waals surface area contributed by atoms with Gasteiger partial charge in [-0.25, -0.2) is 4.68 Å². The standard InChI is InChI=1S/C20H25N5O2/c1-23(12-15-5-2-3-6-18(15)25-10-4-9-21-25)20(27)14-24-13-17-8-7-16(22-17)11-19(24)26/h2-6,9-10,16-17,22H,7-8,11-14H2,1H3/t16-,17+/m1/s1. The number of fused-ring (bicyclic) bond motifs is 2. The SMILES string of the molecule is CN(Cc1ccccc1-n1cccn1)C(=O)CN1C[C@@H]2CC[C@H](CC1=O)N2. The lowest BCUT2D eigenvalue weighted by Gasteiger charge is -2.27. The molecular weight excluding hydrogens is 342 g/mol. The molecule has 27 heavy (non-hydrogen) atoms. The number of carbonyl (C=O) groups excluding carboxylic acids is 2. The number of nitrogens with zero attached hydrogens (tertiary/aromatic N) is 4. The molecule has 2 aromatic rings. The molecule has 0 unspecified atom stereocenters. The number of hydrogen-bond donors (Lipinski definition) is 1. The van der Waals surface area contributed by atoms with E-state index in [2.05, 4.69) is 10.4 Å². The third-order valence-corrected chi connectivity index (χ3v) is 5.45. The highest BCUT2D eigenvalue weighted by Gasteiger charge is 2.34. The molecule has 7 nitrogen and oxygen atoms in total. The fourth-order valence-electron chi connectivity index (χ4n) is 3.97. The van der Waals surface area contributed by atoms with Crippen molar-refractivity contribution in [2.45, 2.75) is 37.9 Å². The summed E-state index contributed by atoms with van der Waals surface area (Å²) in [6.07, 6.45) is 6.25. The fourth-order valence-corrected chi connectivity index (χ4v) is 3.97. The topological polar surface area (TPSA) is 70.5 Å². The molecule has 0 radical (unpaired) electrons. The van der Waals surface area contributed by atoms with Crippen LogP contribution in [0.15, 0.2) is 42.7 Å². The molecule has 1 N–H and O–H groups in total. The highest BCUT2D eigenvalue weighted by Crippen LogP contribution is 2.21. The van der Waals surface area contributed by atoms with Crippen molar-refractivity contribution in [2.75, 3.05) is 20.1 Å². The van der Waals surface area contributed by atoms with E-state index < -0.39 is 0 Å². The first-order valence-electron chi connectivity index (χ1n) is 9.46. The Morgan fingerprint density at radius 1 is 1.26 bits per heavy atom. The number of aromatic nitrogens is 2. The van der Waals surface area contributed by atoms with Crippen LogP contribution in [0.1, 0.15) is 24.8 Å². The van der Waals surface area contributed by atoms with E-state index in [0.717, 1.165) is 24.1 Å². The van der Waals surface area contributed by atoms with E-state index in [1.54, 1.807) is 27.7 Å². The van der Waals surface area contributed by atoms with Gasteiger partial charge in [0.1, 0.15) is 0 Å². The molecule has 0 saturated carbocycles. The number of nitrogens with one attached hydrogen (secondary N) is 1. The first kappa shape index (κ1) is 17.7. The number of amides is 2. The maximum absolute atomic E-state index is 12.8. The van der Waals surface area contributed by atoms with Gasteiger partial charge >= 0.3 is 0 Å². The van der Waals surface area contributed by atoms with Crippen LogP contribution < -0.4 is 5.32 Å². The van der Waals surface area contributed by atoms with Gasteiger partial charge in [-0.05, 0) is 30.5 Å². The quantitative estimate of drug-likeness (QED) is 0.862. The van der Waals surface area contributed by atoms with Crippen molar-refractivity contribution in [1.29, 1.82) is 0 Å². The minimum atomic E-state index is -0.0450. The number of rotatable bonds is 5. The van der Waals surface area contributed by atoms with Crippen LogP contribution in [0.3, 0.4) is 0 Å². The largest absolute Gasteiger partial charge is 0.340 e. The molecule has 0 aliphatic carbocycles. The van der Waals surface area contributed by atoms with Crippen molar-refractivity contribution >= 4 is 11.8 Å². The van der Waals surface area contributed by atoms with Crippen molar-refractivity contribution in [3.8, 4) is 5.69 Å². The molecule has 0 spiro atoms. The van der Waals surface area contributed by atoms with Crippen LogP contribution >= 0.6 is 0 Å². The lowest BCUT2D eigenvalue weighted by Crippen LogP contribution is -2.44.